The molecule has 0 aromatic carbocycles. The molecule has 0 unspecified atom stereocenters. The third-order valence-corrected chi connectivity index (χ3v) is 1.19. The number of nitrogens with zero attached hydrogens (tertiary/aromatic N) is 1. The van der Waals surface area contributed by atoms with Gasteiger partial charge in [0.05, 0.1) is 7.11 Å². The zero-order valence-electron chi connectivity index (χ0n) is 6.33. The monoisotopic (exact) mass is 145 g/mol. The number of rotatable bonds is 3. The summed E-state index contributed by atoms with van der Waals surface area (Å²) in [5, 5.41) is 2.63. The zero-order chi connectivity index (χ0) is 8.15. The molecule has 0 spiro atoms. The molecule has 0 N–H and O–H groups in total. The quantitative estimate of drug-likeness (QED) is 0.439. The van der Waals surface area contributed by atoms with Gasteiger partial charge in [0.25, 0.3) is 0 Å². The molecule has 4 nitrogen and oxygen atoms in total. The predicted octanol–water partition coefficient (Wildman–Crippen LogP) is 0.950. The van der Waals surface area contributed by atoms with Crippen LogP contribution in [0.3, 0.4) is 0 Å². The van der Waals surface area contributed by atoms with Gasteiger partial charge in [0, 0.05) is 0 Å². The van der Waals surface area contributed by atoms with Gasteiger partial charge in [-0.25, -0.2) is 4.79 Å². The summed E-state index contributed by atoms with van der Waals surface area (Å²) >= 11 is 0. The third kappa shape index (κ3) is 2.13. The van der Waals surface area contributed by atoms with Gasteiger partial charge in [-0.15, -0.1) is 4.91 Å². The SMILES string of the molecule is COC(=O)[C@@H](N=O)C(C)C. The first kappa shape index (κ1) is 9.07. The smallest absolute Gasteiger partial charge is 0.334 e. The van der Waals surface area contributed by atoms with E-state index in [4.69, 9.17) is 0 Å². The molecule has 0 aromatic rings. The second-order valence-corrected chi connectivity index (χ2v) is 2.32. The summed E-state index contributed by atoms with van der Waals surface area (Å²) in [4.78, 5) is 20.7. The lowest BCUT2D eigenvalue weighted by Crippen LogP contribution is -2.25. The van der Waals surface area contributed by atoms with Crippen molar-refractivity contribution in [1.29, 1.82) is 0 Å². The fourth-order valence-corrected chi connectivity index (χ4v) is 0.558. The Balaban J connectivity index is 4.06. The molecule has 0 aliphatic heterocycles. The molecule has 58 valence electrons. The van der Waals surface area contributed by atoms with Gasteiger partial charge in [-0.05, 0) is 5.92 Å². The maximum Gasteiger partial charge on any atom is 0.334 e. The van der Waals surface area contributed by atoms with Crippen molar-refractivity contribution in [3.63, 3.8) is 0 Å². The lowest BCUT2D eigenvalue weighted by Gasteiger charge is -2.08. The highest BCUT2D eigenvalue weighted by Gasteiger charge is 2.23. The Morgan fingerprint density at radius 3 is 2.10 bits per heavy atom. The van der Waals surface area contributed by atoms with Crippen molar-refractivity contribution < 1.29 is 9.53 Å². The number of methoxy groups -OCH3 is 1. The molecule has 0 radical (unpaired) electrons. The van der Waals surface area contributed by atoms with E-state index in [1.807, 2.05) is 0 Å². The molecule has 10 heavy (non-hydrogen) atoms. The Hall–Kier alpha value is -0.930. The van der Waals surface area contributed by atoms with Crippen molar-refractivity contribution in [1.82, 2.24) is 0 Å². The van der Waals surface area contributed by atoms with Gasteiger partial charge in [-0.1, -0.05) is 19.0 Å². The molecule has 0 aliphatic carbocycles. The van der Waals surface area contributed by atoms with Gasteiger partial charge in [0.2, 0.25) is 0 Å². The second kappa shape index (κ2) is 3.98. The van der Waals surface area contributed by atoms with E-state index in [-0.39, 0.29) is 5.92 Å². The standard InChI is InChI=1S/C6H11NO3/c1-4(2)5(7-9)6(8)10-3/h4-5H,1-3H3/t5-/m0/s1. The molecule has 0 saturated heterocycles. The van der Waals surface area contributed by atoms with Crippen LogP contribution >= 0.6 is 0 Å². The van der Waals surface area contributed by atoms with Crippen LogP contribution in [0.5, 0.6) is 0 Å². The van der Waals surface area contributed by atoms with Crippen LogP contribution in [0.15, 0.2) is 5.18 Å². The van der Waals surface area contributed by atoms with Crippen LogP contribution < -0.4 is 0 Å². The lowest BCUT2D eigenvalue weighted by atomic mass is 10.1. The first-order chi connectivity index (χ1) is 4.63. The number of hydrogen-bond acceptors (Lipinski definition) is 4. The van der Waals surface area contributed by atoms with Gasteiger partial charge >= 0.3 is 5.97 Å². The lowest BCUT2D eigenvalue weighted by molar-refractivity contribution is -0.143. The van der Waals surface area contributed by atoms with Crippen molar-refractivity contribution >= 4 is 5.97 Å². The first-order valence-electron chi connectivity index (χ1n) is 3.03. The average molecular weight is 145 g/mol. The maximum atomic E-state index is 10.7. The van der Waals surface area contributed by atoms with Gasteiger partial charge in [-0.2, -0.15) is 0 Å². The van der Waals surface area contributed by atoms with Crippen molar-refractivity contribution in [3.8, 4) is 0 Å². The molecular formula is C6H11NO3. The molecule has 4 heteroatoms. The number of hydrogen-bond donors (Lipinski definition) is 0. The molecule has 0 aromatic heterocycles. The number of nitroso groups, excluding NO2 is 1. The minimum atomic E-state index is -0.856. The topological polar surface area (TPSA) is 55.7 Å². The molecule has 0 aliphatic rings. The van der Waals surface area contributed by atoms with Gasteiger partial charge in [0.1, 0.15) is 0 Å². The largest absolute Gasteiger partial charge is 0.467 e. The molecule has 0 amide bonds. The first-order valence-corrected chi connectivity index (χ1v) is 3.03. The summed E-state index contributed by atoms with van der Waals surface area (Å²) in [7, 11) is 1.24. The van der Waals surface area contributed by atoms with Crippen LogP contribution in [-0.4, -0.2) is 19.1 Å². The van der Waals surface area contributed by atoms with E-state index in [1.54, 1.807) is 13.8 Å². The van der Waals surface area contributed by atoms with E-state index in [9.17, 15) is 9.70 Å². The number of carbonyl (C=O) groups is 1. The Labute approximate surface area is 59.5 Å². The highest BCUT2D eigenvalue weighted by Crippen LogP contribution is 2.06. The average Bonchev–Trinajstić information content (AvgIpc) is 1.88. The summed E-state index contributed by atoms with van der Waals surface area (Å²) in [5.74, 6) is -0.657. The fraction of sp³-hybridized carbons (Fsp3) is 0.833. The summed E-state index contributed by atoms with van der Waals surface area (Å²) in [6.45, 7) is 3.48. The van der Waals surface area contributed by atoms with Crippen LogP contribution in [0.4, 0.5) is 0 Å². The van der Waals surface area contributed by atoms with E-state index in [0.29, 0.717) is 0 Å². The molecular weight excluding hydrogens is 134 g/mol. The molecule has 0 bridgehead atoms. The van der Waals surface area contributed by atoms with E-state index >= 15 is 0 Å². The van der Waals surface area contributed by atoms with Crippen LogP contribution in [0.25, 0.3) is 0 Å². The van der Waals surface area contributed by atoms with Gasteiger partial charge in [-0.3, -0.25) is 0 Å². The van der Waals surface area contributed by atoms with E-state index < -0.39 is 12.0 Å². The third-order valence-electron chi connectivity index (χ3n) is 1.19. The van der Waals surface area contributed by atoms with Crippen LogP contribution in [0.2, 0.25) is 0 Å². The van der Waals surface area contributed by atoms with Crippen LogP contribution in [0.1, 0.15) is 13.8 Å². The Bertz CT molecular complexity index is 133. The normalized spacial score (nSPS) is 12.8. The van der Waals surface area contributed by atoms with E-state index in [1.165, 1.54) is 7.11 Å². The molecule has 0 rings (SSSR count). The van der Waals surface area contributed by atoms with Gasteiger partial charge in [0.15, 0.2) is 6.04 Å². The highest BCUT2D eigenvalue weighted by atomic mass is 16.5. The molecule has 1 atom stereocenters. The number of esters is 1. The van der Waals surface area contributed by atoms with Crippen molar-refractivity contribution in [2.24, 2.45) is 11.1 Å². The molecule has 0 fully saturated rings. The predicted molar refractivity (Wildman–Crippen MR) is 36.4 cm³/mol. The fourth-order valence-electron chi connectivity index (χ4n) is 0.558. The Kier molecular flexibility index (Phi) is 3.61. The summed E-state index contributed by atoms with van der Waals surface area (Å²) in [5.41, 5.74) is 0. The zero-order valence-corrected chi connectivity index (χ0v) is 6.33. The highest BCUT2D eigenvalue weighted by molar-refractivity contribution is 5.76. The second-order valence-electron chi connectivity index (χ2n) is 2.32. The van der Waals surface area contributed by atoms with Crippen LogP contribution in [-0.2, 0) is 9.53 Å². The van der Waals surface area contributed by atoms with Crippen molar-refractivity contribution in [2.75, 3.05) is 7.11 Å². The minimum Gasteiger partial charge on any atom is -0.467 e. The Morgan fingerprint density at radius 2 is 2.00 bits per heavy atom. The van der Waals surface area contributed by atoms with Crippen molar-refractivity contribution in [2.45, 2.75) is 19.9 Å². The molecule has 0 saturated carbocycles. The number of ether oxygens (including phenoxy) is 1. The van der Waals surface area contributed by atoms with E-state index in [0.717, 1.165) is 0 Å². The van der Waals surface area contributed by atoms with E-state index in [2.05, 4.69) is 9.91 Å². The number of carbonyl (C=O) groups excluding carboxylic acids is 1. The minimum absolute atomic E-state index is 0.0926. The maximum absolute atomic E-state index is 10.7. The summed E-state index contributed by atoms with van der Waals surface area (Å²) in [6.07, 6.45) is 0. The summed E-state index contributed by atoms with van der Waals surface area (Å²) < 4.78 is 4.33. The Morgan fingerprint density at radius 1 is 1.50 bits per heavy atom. The van der Waals surface area contributed by atoms with Crippen molar-refractivity contribution in [3.05, 3.63) is 4.91 Å². The summed E-state index contributed by atoms with van der Waals surface area (Å²) in [6, 6.07) is -0.856. The van der Waals surface area contributed by atoms with Gasteiger partial charge < -0.3 is 4.74 Å². The molecule has 0 heterocycles. The van der Waals surface area contributed by atoms with Crippen LogP contribution in [0, 0.1) is 10.8 Å².